The van der Waals surface area contributed by atoms with Crippen LogP contribution in [0.25, 0.3) is 0 Å². The van der Waals surface area contributed by atoms with Crippen LogP contribution in [0.15, 0.2) is 24.3 Å². The lowest BCUT2D eigenvalue weighted by molar-refractivity contribution is -0.152. The first-order valence-electron chi connectivity index (χ1n) is 5.44. The van der Waals surface area contributed by atoms with E-state index in [9.17, 15) is 9.59 Å². The second-order valence-corrected chi connectivity index (χ2v) is 3.65. The van der Waals surface area contributed by atoms with Crippen LogP contribution in [0, 0.1) is 0 Å². The summed E-state index contributed by atoms with van der Waals surface area (Å²) in [6.07, 6.45) is -0.687. The van der Waals surface area contributed by atoms with Crippen LogP contribution < -0.4 is 4.74 Å². The fourth-order valence-corrected chi connectivity index (χ4v) is 1.50. The summed E-state index contributed by atoms with van der Waals surface area (Å²) in [7, 11) is 2.83. The summed E-state index contributed by atoms with van der Waals surface area (Å²) in [6.45, 7) is 1.30. The quantitative estimate of drug-likeness (QED) is 0.748. The number of carbonyl (C=O) groups excluding carboxylic acids is 2. The Morgan fingerprint density at radius 2 is 2.00 bits per heavy atom. The van der Waals surface area contributed by atoms with Crippen LogP contribution in [0.5, 0.6) is 5.75 Å². The molecule has 18 heavy (non-hydrogen) atoms. The van der Waals surface area contributed by atoms with Crippen molar-refractivity contribution in [2.75, 3.05) is 14.2 Å². The minimum Gasteiger partial charge on any atom is -0.497 e. The van der Waals surface area contributed by atoms with Gasteiger partial charge in [-0.15, -0.1) is 0 Å². The first-order valence-corrected chi connectivity index (χ1v) is 5.44. The van der Waals surface area contributed by atoms with Gasteiger partial charge >= 0.3 is 11.9 Å². The molecule has 0 saturated heterocycles. The van der Waals surface area contributed by atoms with Crippen molar-refractivity contribution in [3.63, 3.8) is 0 Å². The van der Waals surface area contributed by atoms with Gasteiger partial charge in [0.25, 0.3) is 0 Å². The molecule has 0 aliphatic heterocycles. The van der Waals surface area contributed by atoms with Gasteiger partial charge in [-0.1, -0.05) is 12.1 Å². The molecule has 0 heterocycles. The van der Waals surface area contributed by atoms with Gasteiger partial charge in [0.15, 0.2) is 0 Å². The maximum atomic E-state index is 11.3. The van der Waals surface area contributed by atoms with Gasteiger partial charge in [0.2, 0.25) is 0 Å². The van der Waals surface area contributed by atoms with Crippen molar-refractivity contribution in [2.45, 2.75) is 19.4 Å². The predicted molar refractivity (Wildman–Crippen MR) is 64.1 cm³/mol. The lowest BCUT2D eigenvalue weighted by Gasteiger charge is -2.16. The van der Waals surface area contributed by atoms with Crippen molar-refractivity contribution in [1.82, 2.24) is 0 Å². The number of hydrogen-bond donors (Lipinski definition) is 0. The lowest BCUT2D eigenvalue weighted by Crippen LogP contribution is -2.14. The van der Waals surface area contributed by atoms with E-state index in [1.165, 1.54) is 14.0 Å². The molecule has 0 aliphatic rings. The number of esters is 2. The smallest absolute Gasteiger partial charge is 0.309 e. The molecular weight excluding hydrogens is 236 g/mol. The van der Waals surface area contributed by atoms with Gasteiger partial charge < -0.3 is 14.2 Å². The molecule has 5 heteroatoms. The molecule has 0 aromatic heterocycles. The van der Waals surface area contributed by atoms with Gasteiger partial charge in [-0.05, 0) is 17.7 Å². The van der Waals surface area contributed by atoms with Gasteiger partial charge in [-0.2, -0.15) is 0 Å². The number of methoxy groups -OCH3 is 2. The number of benzene rings is 1. The van der Waals surface area contributed by atoms with Crippen LogP contribution in [0.2, 0.25) is 0 Å². The highest BCUT2D eigenvalue weighted by Crippen LogP contribution is 2.25. The lowest BCUT2D eigenvalue weighted by atomic mass is 10.1. The highest BCUT2D eigenvalue weighted by Gasteiger charge is 2.19. The second kappa shape index (κ2) is 6.64. The summed E-state index contributed by atoms with van der Waals surface area (Å²) in [6, 6.07) is 7.02. The van der Waals surface area contributed by atoms with Crippen molar-refractivity contribution in [3.8, 4) is 5.75 Å². The third-order valence-corrected chi connectivity index (χ3v) is 2.35. The monoisotopic (exact) mass is 252 g/mol. The van der Waals surface area contributed by atoms with Gasteiger partial charge in [-0.25, -0.2) is 0 Å². The molecule has 1 aromatic carbocycles. The van der Waals surface area contributed by atoms with E-state index >= 15 is 0 Å². The van der Waals surface area contributed by atoms with E-state index < -0.39 is 18.0 Å². The van der Waals surface area contributed by atoms with Gasteiger partial charge in [0, 0.05) is 6.92 Å². The Balaban J connectivity index is 2.92. The Kier molecular flexibility index (Phi) is 5.17. The fourth-order valence-electron chi connectivity index (χ4n) is 1.50. The number of rotatable bonds is 5. The Morgan fingerprint density at radius 1 is 1.28 bits per heavy atom. The fraction of sp³-hybridized carbons (Fsp3) is 0.385. The summed E-state index contributed by atoms with van der Waals surface area (Å²) in [4.78, 5) is 22.3. The van der Waals surface area contributed by atoms with Gasteiger partial charge in [-0.3, -0.25) is 9.59 Å². The average Bonchev–Trinajstić information content (AvgIpc) is 2.37. The van der Waals surface area contributed by atoms with Crippen LogP contribution in [0.4, 0.5) is 0 Å². The SMILES string of the molecule is COC(=O)C[C@@H](OC(C)=O)c1cccc(OC)c1. The van der Waals surface area contributed by atoms with Crippen molar-refractivity contribution in [2.24, 2.45) is 0 Å². The largest absolute Gasteiger partial charge is 0.497 e. The minimum atomic E-state index is -0.662. The zero-order valence-electron chi connectivity index (χ0n) is 10.6. The summed E-state index contributed by atoms with van der Waals surface area (Å²) >= 11 is 0. The van der Waals surface area contributed by atoms with Crippen LogP contribution in [-0.2, 0) is 19.1 Å². The molecule has 0 spiro atoms. The van der Waals surface area contributed by atoms with Gasteiger partial charge in [0.05, 0.1) is 20.6 Å². The maximum absolute atomic E-state index is 11.3. The van der Waals surface area contributed by atoms with E-state index in [0.717, 1.165) is 0 Å². The minimum absolute atomic E-state index is 0.0246. The van der Waals surface area contributed by atoms with Gasteiger partial charge in [0.1, 0.15) is 11.9 Å². The molecule has 0 saturated carbocycles. The third-order valence-electron chi connectivity index (χ3n) is 2.35. The topological polar surface area (TPSA) is 61.8 Å². The van der Waals surface area contributed by atoms with Crippen molar-refractivity contribution in [1.29, 1.82) is 0 Å². The normalized spacial score (nSPS) is 11.5. The van der Waals surface area contributed by atoms with Crippen molar-refractivity contribution in [3.05, 3.63) is 29.8 Å². The zero-order chi connectivity index (χ0) is 13.5. The second-order valence-electron chi connectivity index (χ2n) is 3.65. The molecule has 0 aliphatic carbocycles. The van der Waals surface area contributed by atoms with Crippen LogP contribution >= 0.6 is 0 Å². The molecule has 5 nitrogen and oxygen atoms in total. The summed E-state index contributed by atoms with van der Waals surface area (Å²) < 4.78 is 14.8. The average molecular weight is 252 g/mol. The molecule has 0 unspecified atom stereocenters. The summed E-state index contributed by atoms with van der Waals surface area (Å²) in [5.41, 5.74) is 0.690. The maximum Gasteiger partial charge on any atom is 0.309 e. The van der Waals surface area contributed by atoms with Crippen molar-refractivity contribution < 1.29 is 23.8 Å². The van der Waals surface area contributed by atoms with Crippen LogP contribution in [0.3, 0.4) is 0 Å². The Morgan fingerprint density at radius 3 is 2.56 bits per heavy atom. The molecule has 1 rings (SSSR count). The molecule has 0 radical (unpaired) electrons. The highest BCUT2D eigenvalue weighted by atomic mass is 16.6. The molecule has 0 bridgehead atoms. The number of carbonyl (C=O) groups is 2. The van der Waals surface area contributed by atoms with E-state index in [1.54, 1.807) is 31.4 Å². The molecule has 1 aromatic rings. The zero-order valence-corrected chi connectivity index (χ0v) is 10.6. The Hall–Kier alpha value is -2.04. The number of hydrogen-bond acceptors (Lipinski definition) is 5. The van der Waals surface area contributed by atoms with Crippen LogP contribution in [0.1, 0.15) is 25.0 Å². The summed E-state index contributed by atoms with van der Waals surface area (Å²) in [5.74, 6) is -0.259. The third kappa shape index (κ3) is 4.08. The molecule has 98 valence electrons. The van der Waals surface area contributed by atoms with E-state index in [4.69, 9.17) is 9.47 Å². The first-order chi connectivity index (χ1) is 8.56. The Labute approximate surface area is 106 Å². The predicted octanol–water partition coefficient (Wildman–Crippen LogP) is 1.86. The highest BCUT2D eigenvalue weighted by molar-refractivity contribution is 5.71. The van der Waals surface area contributed by atoms with E-state index in [2.05, 4.69) is 4.74 Å². The van der Waals surface area contributed by atoms with Crippen molar-refractivity contribution >= 4 is 11.9 Å². The first kappa shape index (κ1) is 14.0. The summed E-state index contributed by atoms with van der Waals surface area (Å²) in [5, 5.41) is 0. The standard InChI is InChI=1S/C13H16O5/c1-9(14)18-12(8-13(15)17-3)10-5-4-6-11(7-10)16-2/h4-7,12H,8H2,1-3H3/t12-/m1/s1. The Bertz CT molecular complexity index is 427. The van der Waals surface area contributed by atoms with E-state index in [1.807, 2.05) is 0 Å². The molecule has 0 fully saturated rings. The molecular formula is C13H16O5. The van der Waals surface area contributed by atoms with E-state index in [-0.39, 0.29) is 6.42 Å². The number of ether oxygens (including phenoxy) is 3. The van der Waals surface area contributed by atoms with E-state index in [0.29, 0.717) is 11.3 Å². The molecule has 1 atom stereocenters. The molecule has 0 N–H and O–H groups in total. The van der Waals surface area contributed by atoms with Crippen LogP contribution in [-0.4, -0.2) is 26.2 Å². The molecule has 0 amide bonds.